The Morgan fingerprint density at radius 1 is 1.26 bits per heavy atom. The molecule has 0 saturated carbocycles. The molecule has 0 spiro atoms. The van der Waals surface area contributed by atoms with E-state index < -0.39 is 5.91 Å². The number of hydrogen-bond acceptors (Lipinski definition) is 4. The first kappa shape index (κ1) is 23.0. The summed E-state index contributed by atoms with van der Waals surface area (Å²) in [6.07, 6.45) is 2.25. The van der Waals surface area contributed by atoms with Crippen LogP contribution < -0.4 is 15.4 Å². The van der Waals surface area contributed by atoms with Crippen LogP contribution in [-0.2, 0) is 16.0 Å². The van der Waals surface area contributed by atoms with E-state index in [4.69, 9.17) is 22.1 Å². The van der Waals surface area contributed by atoms with Gasteiger partial charge in [0.05, 0.1) is 19.3 Å². The predicted molar refractivity (Wildman–Crippen MR) is 119 cm³/mol. The molecule has 2 aromatic rings. The number of ether oxygens (including phenoxy) is 1. The number of hydrogen-bond donors (Lipinski definition) is 1. The minimum Gasteiger partial charge on any atom is -0.495 e. The Morgan fingerprint density at radius 2 is 2.03 bits per heavy atom. The normalized spacial score (nSPS) is 16.3. The van der Waals surface area contributed by atoms with Gasteiger partial charge < -0.3 is 15.4 Å². The summed E-state index contributed by atoms with van der Waals surface area (Å²) >= 11 is 6.20. The lowest BCUT2D eigenvalue weighted by Crippen LogP contribution is -2.44. The summed E-state index contributed by atoms with van der Waals surface area (Å²) in [4.78, 5) is 28.2. The third-order valence-electron chi connectivity index (χ3n) is 5.60. The number of anilines is 1. The van der Waals surface area contributed by atoms with Crippen molar-refractivity contribution in [2.45, 2.75) is 31.7 Å². The molecule has 1 heterocycles. The number of rotatable bonds is 9. The number of carbonyl (C=O) groups is 2. The van der Waals surface area contributed by atoms with Crippen LogP contribution in [0, 0.1) is 5.82 Å². The first-order valence-electron chi connectivity index (χ1n) is 10.3. The summed E-state index contributed by atoms with van der Waals surface area (Å²) in [5.74, 6) is -0.447. The Morgan fingerprint density at radius 3 is 2.74 bits per heavy atom. The number of halogens is 2. The van der Waals surface area contributed by atoms with Crippen molar-refractivity contribution in [3.05, 3.63) is 58.9 Å². The van der Waals surface area contributed by atoms with Crippen LogP contribution in [0.15, 0.2) is 42.5 Å². The Hall–Kier alpha value is -2.64. The standard InChI is InChI=1S/C23H27ClFN3O3/c1-31-21-10-3-2-9-20(21)28(13-11-22(26)29)23(30)15-27-12-5-6-16(27)14-17-18(24)7-4-8-19(17)25/h2-4,7-10,16H,5-6,11-15H2,1H3,(H2,26,29)/t16-/m1/s1. The van der Waals surface area contributed by atoms with Crippen molar-refractivity contribution in [2.24, 2.45) is 5.73 Å². The topological polar surface area (TPSA) is 75.9 Å². The second-order valence-corrected chi connectivity index (χ2v) is 8.01. The van der Waals surface area contributed by atoms with Gasteiger partial charge in [0, 0.05) is 29.6 Å². The molecule has 1 fully saturated rings. The Labute approximate surface area is 186 Å². The summed E-state index contributed by atoms with van der Waals surface area (Å²) in [7, 11) is 1.53. The van der Waals surface area contributed by atoms with Gasteiger partial charge in [0.25, 0.3) is 0 Å². The third-order valence-corrected chi connectivity index (χ3v) is 5.95. The fourth-order valence-corrected chi connectivity index (χ4v) is 4.25. The van der Waals surface area contributed by atoms with Crippen molar-refractivity contribution < 1.29 is 18.7 Å². The molecule has 1 saturated heterocycles. The van der Waals surface area contributed by atoms with Crippen LogP contribution in [0.4, 0.5) is 10.1 Å². The zero-order valence-electron chi connectivity index (χ0n) is 17.5. The maximum Gasteiger partial charge on any atom is 0.241 e. The largest absolute Gasteiger partial charge is 0.495 e. The van der Waals surface area contributed by atoms with Gasteiger partial charge in [-0.1, -0.05) is 29.8 Å². The van der Waals surface area contributed by atoms with Gasteiger partial charge in [0.2, 0.25) is 11.8 Å². The molecule has 2 N–H and O–H groups in total. The van der Waals surface area contributed by atoms with Crippen LogP contribution in [-0.4, -0.2) is 49.5 Å². The van der Waals surface area contributed by atoms with E-state index in [1.54, 1.807) is 30.3 Å². The minimum atomic E-state index is -0.485. The number of benzene rings is 2. The zero-order chi connectivity index (χ0) is 22.4. The van der Waals surface area contributed by atoms with Gasteiger partial charge in [-0.2, -0.15) is 0 Å². The molecule has 2 amide bonds. The summed E-state index contributed by atoms with van der Waals surface area (Å²) in [6, 6.07) is 11.8. The van der Waals surface area contributed by atoms with Crippen LogP contribution in [0.2, 0.25) is 5.02 Å². The van der Waals surface area contributed by atoms with E-state index in [-0.39, 0.29) is 37.3 Å². The van der Waals surface area contributed by atoms with Gasteiger partial charge >= 0.3 is 0 Å². The maximum absolute atomic E-state index is 14.3. The Bertz CT molecular complexity index is 920. The summed E-state index contributed by atoms with van der Waals surface area (Å²) in [5, 5.41) is 0.398. The Balaban J connectivity index is 1.77. The van der Waals surface area contributed by atoms with E-state index in [9.17, 15) is 14.0 Å². The van der Waals surface area contributed by atoms with E-state index in [1.807, 2.05) is 6.07 Å². The molecule has 166 valence electrons. The lowest BCUT2D eigenvalue weighted by Gasteiger charge is -2.29. The van der Waals surface area contributed by atoms with E-state index in [1.165, 1.54) is 18.1 Å². The average molecular weight is 448 g/mol. The van der Waals surface area contributed by atoms with Gasteiger partial charge in [-0.15, -0.1) is 0 Å². The molecule has 3 rings (SSSR count). The number of nitrogens with zero attached hydrogens (tertiary/aromatic N) is 2. The second-order valence-electron chi connectivity index (χ2n) is 7.60. The molecular weight excluding hydrogens is 421 g/mol. The van der Waals surface area contributed by atoms with Crippen molar-refractivity contribution >= 4 is 29.1 Å². The van der Waals surface area contributed by atoms with Crippen LogP contribution in [0.3, 0.4) is 0 Å². The number of para-hydroxylation sites is 2. The first-order chi connectivity index (χ1) is 14.9. The highest BCUT2D eigenvalue weighted by atomic mass is 35.5. The minimum absolute atomic E-state index is 0.00834. The fraction of sp³-hybridized carbons (Fsp3) is 0.391. The number of methoxy groups -OCH3 is 1. The van der Waals surface area contributed by atoms with Crippen LogP contribution in [0.1, 0.15) is 24.8 Å². The molecule has 6 nitrogen and oxygen atoms in total. The second kappa shape index (κ2) is 10.6. The third kappa shape index (κ3) is 5.74. The molecule has 1 aliphatic heterocycles. The lowest BCUT2D eigenvalue weighted by atomic mass is 10.0. The highest BCUT2D eigenvalue weighted by molar-refractivity contribution is 6.31. The van der Waals surface area contributed by atoms with E-state index in [0.717, 1.165) is 19.4 Å². The molecular formula is C23H27ClFN3O3. The molecule has 0 aromatic heterocycles. The average Bonchev–Trinajstić information content (AvgIpc) is 3.17. The molecule has 2 aromatic carbocycles. The first-order valence-corrected chi connectivity index (χ1v) is 10.7. The fourth-order valence-electron chi connectivity index (χ4n) is 4.01. The number of primary amides is 1. The van der Waals surface area contributed by atoms with Crippen molar-refractivity contribution in [1.29, 1.82) is 0 Å². The molecule has 8 heteroatoms. The lowest BCUT2D eigenvalue weighted by molar-refractivity contribution is -0.120. The molecule has 0 unspecified atom stereocenters. The van der Waals surface area contributed by atoms with Crippen LogP contribution in [0.5, 0.6) is 5.75 Å². The summed E-state index contributed by atoms with van der Waals surface area (Å²) in [5.41, 5.74) is 6.39. The number of nitrogens with two attached hydrogens (primary N) is 1. The van der Waals surface area contributed by atoms with Gasteiger partial charge in [-0.05, 0) is 50.1 Å². The van der Waals surface area contributed by atoms with Crippen LogP contribution >= 0.6 is 11.6 Å². The SMILES string of the molecule is COc1ccccc1N(CCC(N)=O)C(=O)CN1CCC[C@@H]1Cc1c(F)cccc1Cl. The van der Waals surface area contributed by atoms with E-state index in [0.29, 0.717) is 28.4 Å². The molecule has 31 heavy (non-hydrogen) atoms. The monoisotopic (exact) mass is 447 g/mol. The van der Waals surface area contributed by atoms with Crippen molar-refractivity contribution in [1.82, 2.24) is 4.90 Å². The van der Waals surface area contributed by atoms with Crippen molar-refractivity contribution in [3.8, 4) is 5.75 Å². The van der Waals surface area contributed by atoms with E-state index in [2.05, 4.69) is 4.90 Å². The molecule has 0 radical (unpaired) electrons. The number of likely N-dealkylation sites (tertiary alicyclic amines) is 1. The highest BCUT2D eigenvalue weighted by Gasteiger charge is 2.30. The number of carbonyl (C=O) groups excluding carboxylic acids is 2. The molecule has 1 atom stereocenters. The molecule has 1 aliphatic rings. The van der Waals surface area contributed by atoms with Gasteiger partial charge in [0.1, 0.15) is 11.6 Å². The summed E-state index contributed by atoms with van der Waals surface area (Å²) in [6.45, 7) is 1.04. The van der Waals surface area contributed by atoms with Gasteiger partial charge in [0.15, 0.2) is 0 Å². The molecule has 0 aliphatic carbocycles. The Kier molecular flexibility index (Phi) is 7.87. The van der Waals surface area contributed by atoms with Gasteiger partial charge in [-0.3, -0.25) is 14.5 Å². The van der Waals surface area contributed by atoms with Gasteiger partial charge in [-0.25, -0.2) is 4.39 Å². The molecule has 0 bridgehead atoms. The highest BCUT2D eigenvalue weighted by Crippen LogP contribution is 2.30. The smallest absolute Gasteiger partial charge is 0.241 e. The predicted octanol–water partition coefficient (Wildman–Crippen LogP) is 3.40. The van der Waals surface area contributed by atoms with Crippen LogP contribution in [0.25, 0.3) is 0 Å². The number of amides is 2. The van der Waals surface area contributed by atoms with E-state index >= 15 is 0 Å². The van der Waals surface area contributed by atoms with Crippen molar-refractivity contribution in [2.75, 3.05) is 31.6 Å². The maximum atomic E-state index is 14.3. The summed E-state index contributed by atoms with van der Waals surface area (Å²) < 4.78 is 19.7. The zero-order valence-corrected chi connectivity index (χ0v) is 18.3. The quantitative estimate of drug-likeness (QED) is 0.639. The van der Waals surface area contributed by atoms with Crippen molar-refractivity contribution in [3.63, 3.8) is 0 Å².